The van der Waals surface area contributed by atoms with Gasteiger partial charge in [0.25, 0.3) is 5.91 Å². The number of piperidine rings is 1. The highest BCUT2D eigenvalue weighted by molar-refractivity contribution is 7.13. The Labute approximate surface area is 213 Å². The molecule has 1 saturated heterocycles. The average Bonchev–Trinajstić information content (AvgIpc) is 3.69. The van der Waals surface area contributed by atoms with Crippen molar-refractivity contribution in [3.05, 3.63) is 89.7 Å². The number of thiophene rings is 1. The summed E-state index contributed by atoms with van der Waals surface area (Å²) in [5, 5.41) is 9.31. The average molecular weight is 498 g/mol. The van der Waals surface area contributed by atoms with Crippen LogP contribution >= 0.6 is 11.3 Å². The zero-order chi connectivity index (χ0) is 24.3. The summed E-state index contributed by atoms with van der Waals surface area (Å²) >= 11 is 1.63. The molecule has 6 rings (SSSR count). The molecule has 1 fully saturated rings. The molecule has 1 N–H and O–H groups in total. The van der Waals surface area contributed by atoms with Gasteiger partial charge in [0.15, 0.2) is 5.69 Å². The van der Waals surface area contributed by atoms with Crippen LogP contribution in [-0.4, -0.2) is 43.6 Å². The molecule has 5 aromatic rings. The molecule has 0 bridgehead atoms. The van der Waals surface area contributed by atoms with E-state index >= 15 is 0 Å². The maximum Gasteiger partial charge on any atom is 0.274 e. The van der Waals surface area contributed by atoms with E-state index in [2.05, 4.69) is 26.9 Å². The van der Waals surface area contributed by atoms with Crippen molar-refractivity contribution in [3.8, 4) is 16.3 Å². The summed E-state index contributed by atoms with van der Waals surface area (Å²) in [4.78, 5) is 20.9. The van der Waals surface area contributed by atoms with Crippen molar-refractivity contribution in [2.75, 3.05) is 13.1 Å². The van der Waals surface area contributed by atoms with Gasteiger partial charge in [-0.2, -0.15) is 5.10 Å². The summed E-state index contributed by atoms with van der Waals surface area (Å²) < 4.78 is 8.33. The van der Waals surface area contributed by atoms with Crippen LogP contribution in [-0.2, 0) is 13.2 Å². The third-order valence-electron chi connectivity index (χ3n) is 6.77. The molecular weight excluding hydrogens is 470 g/mol. The number of nitrogens with one attached hydrogen (secondary N) is 1. The molecule has 0 radical (unpaired) electrons. The highest BCUT2D eigenvalue weighted by Gasteiger charge is 2.26. The maximum absolute atomic E-state index is 13.1. The predicted octanol–water partition coefficient (Wildman–Crippen LogP) is 5.62. The molecular formula is C28H27N5O2S. The number of amides is 1. The van der Waals surface area contributed by atoms with E-state index in [9.17, 15) is 4.79 Å². The van der Waals surface area contributed by atoms with E-state index in [1.165, 1.54) is 0 Å². The standard InChI is InChI=1S/C28H27N5O2S/c34-28(24-17-23(30-31-24)26-11-6-16-36-26)32-14-12-20(13-15-32)18-33-25-10-5-4-9-22(25)29-27(33)19-35-21-7-2-1-3-8-21/h1-11,16-17,20H,12-15,18-19H2,(H,30,31). The number of hydrogen-bond donors (Lipinski definition) is 1. The molecule has 0 saturated carbocycles. The SMILES string of the molecule is O=C(c1cc(-c2cccs2)[nH]n1)N1CCC(Cn2c(COc3ccccc3)nc3ccccc32)CC1. The number of likely N-dealkylation sites (tertiary alicyclic amines) is 1. The number of hydrogen-bond acceptors (Lipinski definition) is 5. The number of benzene rings is 2. The Morgan fingerprint density at radius 2 is 1.83 bits per heavy atom. The first-order chi connectivity index (χ1) is 17.7. The van der Waals surface area contributed by atoms with Gasteiger partial charge in [-0.1, -0.05) is 36.4 Å². The second-order valence-electron chi connectivity index (χ2n) is 9.11. The zero-order valence-electron chi connectivity index (χ0n) is 19.8. The van der Waals surface area contributed by atoms with Crippen LogP contribution in [0.25, 0.3) is 21.6 Å². The maximum atomic E-state index is 13.1. The Balaban J connectivity index is 1.12. The van der Waals surface area contributed by atoms with Gasteiger partial charge in [0, 0.05) is 19.6 Å². The molecule has 0 unspecified atom stereocenters. The van der Waals surface area contributed by atoms with Gasteiger partial charge in [-0.05, 0) is 60.5 Å². The highest BCUT2D eigenvalue weighted by atomic mass is 32.1. The van der Waals surface area contributed by atoms with Crippen molar-refractivity contribution in [1.29, 1.82) is 0 Å². The number of nitrogens with zero attached hydrogens (tertiary/aromatic N) is 4. The monoisotopic (exact) mass is 497 g/mol. The smallest absolute Gasteiger partial charge is 0.274 e. The molecule has 1 aliphatic rings. The number of ether oxygens (including phenoxy) is 1. The van der Waals surface area contributed by atoms with Crippen molar-refractivity contribution in [2.45, 2.75) is 26.0 Å². The van der Waals surface area contributed by atoms with E-state index in [4.69, 9.17) is 9.72 Å². The fraction of sp³-hybridized carbons (Fsp3) is 0.250. The number of imidazole rings is 1. The highest BCUT2D eigenvalue weighted by Crippen LogP contribution is 2.27. The van der Waals surface area contributed by atoms with Crippen LogP contribution in [0, 0.1) is 5.92 Å². The first-order valence-corrected chi connectivity index (χ1v) is 13.1. The van der Waals surface area contributed by atoms with Crippen molar-refractivity contribution in [1.82, 2.24) is 24.6 Å². The molecule has 1 amide bonds. The molecule has 1 aliphatic heterocycles. The second kappa shape index (κ2) is 9.99. The Morgan fingerprint density at radius 1 is 1.03 bits per heavy atom. The summed E-state index contributed by atoms with van der Waals surface area (Å²) in [7, 11) is 0. The lowest BCUT2D eigenvalue weighted by Gasteiger charge is -2.32. The van der Waals surface area contributed by atoms with Gasteiger partial charge in [-0.3, -0.25) is 9.89 Å². The quantitative estimate of drug-likeness (QED) is 0.317. The summed E-state index contributed by atoms with van der Waals surface area (Å²) in [6.45, 7) is 2.74. The van der Waals surface area contributed by atoms with E-state index in [0.29, 0.717) is 18.2 Å². The van der Waals surface area contributed by atoms with Gasteiger partial charge in [0.05, 0.1) is 21.6 Å². The number of carbonyl (C=O) groups is 1. The molecule has 7 nitrogen and oxygen atoms in total. The minimum absolute atomic E-state index is 0.00228. The van der Waals surface area contributed by atoms with E-state index in [1.807, 2.05) is 70.9 Å². The Bertz CT molecular complexity index is 1450. The fourth-order valence-corrected chi connectivity index (χ4v) is 5.52. The minimum Gasteiger partial charge on any atom is -0.486 e. The fourth-order valence-electron chi connectivity index (χ4n) is 4.83. The lowest BCUT2D eigenvalue weighted by molar-refractivity contribution is 0.0676. The van der Waals surface area contributed by atoms with E-state index < -0.39 is 0 Å². The van der Waals surface area contributed by atoms with Gasteiger partial charge >= 0.3 is 0 Å². The Morgan fingerprint density at radius 3 is 2.64 bits per heavy atom. The van der Waals surface area contributed by atoms with Crippen molar-refractivity contribution in [2.24, 2.45) is 5.92 Å². The van der Waals surface area contributed by atoms with Crippen LogP contribution in [0.1, 0.15) is 29.2 Å². The number of fused-ring (bicyclic) bond motifs is 1. The summed E-state index contributed by atoms with van der Waals surface area (Å²) in [5.41, 5.74) is 3.48. The Kier molecular flexibility index (Phi) is 6.26. The lowest BCUT2D eigenvalue weighted by Crippen LogP contribution is -2.39. The topological polar surface area (TPSA) is 76.0 Å². The zero-order valence-corrected chi connectivity index (χ0v) is 20.7. The summed E-state index contributed by atoms with van der Waals surface area (Å²) in [6, 6.07) is 24.0. The van der Waals surface area contributed by atoms with Gasteiger partial charge in [-0.25, -0.2) is 4.98 Å². The predicted molar refractivity (Wildman–Crippen MR) is 141 cm³/mol. The van der Waals surface area contributed by atoms with Crippen molar-refractivity contribution < 1.29 is 9.53 Å². The third kappa shape index (κ3) is 4.64. The summed E-state index contributed by atoms with van der Waals surface area (Å²) in [6.07, 6.45) is 1.89. The van der Waals surface area contributed by atoms with E-state index in [-0.39, 0.29) is 5.91 Å². The van der Waals surface area contributed by atoms with Gasteiger partial charge in [0.2, 0.25) is 0 Å². The number of aromatic amines is 1. The van der Waals surface area contributed by atoms with Crippen LogP contribution in [0.5, 0.6) is 5.75 Å². The first kappa shape index (κ1) is 22.5. The largest absolute Gasteiger partial charge is 0.486 e. The molecule has 8 heteroatoms. The number of H-pyrrole nitrogens is 1. The van der Waals surface area contributed by atoms with Crippen LogP contribution in [0.4, 0.5) is 0 Å². The lowest BCUT2D eigenvalue weighted by atomic mass is 9.96. The number of aromatic nitrogens is 4. The van der Waals surface area contributed by atoms with Crippen LogP contribution in [0.3, 0.4) is 0 Å². The number of carbonyl (C=O) groups excluding carboxylic acids is 1. The van der Waals surface area contributed by atoms with Crippen LogP contribution < -0.4 is 4.74 Å². The molecule has 0 aliphatic carbocycles. The molecule has 2 aromatic carbocycles. The van der Waals surface area contributed by atoms with E-state index in [1.54, 1.807) is 11.3 Å². The molecule has 0 spiro atoms. The van der Waals surface area contributed by atoms with Crippen molar-refractivity contribution in [3.63, 3.8) is 0 Å². The van der Waals surface area contributed by atoms with Crippen molar-refractivity contribution >= 4 is 28.3 Å². The Hall–Kier alpha value is -3.91. The number of rotatable bonds is 7. The normalized spacial score (nSPS) is 14.4. The molecule has 3 aromatic heterocycles. The minimum atomic E-state index is -0.00228. The molecule has 182 valence electrons. The van der Waals surface area contributed by atoms with Gasteiger partial charge in [-0.15, -0.1) is 11.3 Å². The third-order valence-corrected chi connectivity index (χ3v) is 7.67. The molecule has 4 heterocycles. The second-order valence-corrected chi connectivity index (χ2v) is 10.1. The van der Waals surface area contributed by atoms with Crippen LogP contribution in [0.15, 0.2) is 78.2 Å². The molecule has 36 heavy (non-hydrogen) atoms. The van der Waals surface area contributed by atoms with E-state index in [0.717, 1.165) is 65.7 Å². The molecule has 0 atom stereocenters. The van der Waals surface area contributed by atoms with Gasteiger partial charge < -0.3 is 14.2 Å². The summed E-state index contributed by atoms with van der Waals surface area (Å²) in [5.74, 6) is 2.22. The first-order valence-electron chi connectivity index (χ1n) is 12.2. The van der Waals surface area contributed by atoms with Gasteiger partial charge in [0.1, 0.15) is 18.2 Å². The number of para-hydroxylation sites is 3. The van der Waals surface area contributed by atoms with Crippen LogP contribution in [0.2, 0.25) is 0 Å².